The summed E-state index contributed by atoms with van der Waals surface area (Å²) in [6.45, 7) is 1.77. The van der Waals surface area contributed by atoms with E-state index in [2.05, 4.69) is 5.16 Å². The molecule has 0 aliphatic heterocycles. The van der Waals surface area contributed by atoms with Crippen LogP contribution in [0.2, 0.25) is 10.0 Å². The molecule has 1 rings (SSSR count). The summed E-state index contributed by atoms with van der Waals surface area (Å²) in [6, 6.07) is 5.09. The van der Waals surface area contributed by atoms with Gasteiger partial charge in [0.15, 0.2) is 0 Å². The number of oxime groups is 1. The second-order valence-electron chi connectivity index (χ2n) is 2.64. The van der Waals surface area contributed by atoms with Crippen LogP contribution in [0.15, 0.2) is 23.4 Å². The zero-order valence-corrected chi connectivity index (χ0v) is 9.01. The Bertz CT molecular complexity index is 353. The Morgan fingerprint density at radius 3 is 2.86 bits per heavy atom. The van der Waals surface area contributed by atoms with Gasteiger partial charge >= 0.3 is 0 Å². The third kappa shape index (κ3) is 3.09. The van der Waals surface area contributed by atoms with Gasteiger partial charge in [0.2, 0.25) is 5.90 Å². The van der Waals surface area contributed by atoms with Crippen LogP contribution in [0.4, 0.5) is 0 Å². The van der Waals surface area contributed by atoms with Crippen molar-refractivity contribution >= 4 is 29.1 Å². The first-order chi connectivity index (χ1) is 6.63. The molecule has 0 fully saturated rings. The first kappa shape index (κ1) is 11.1. The molecule has 0 atom stereocenters. The molecule has 0 saturated heterocycles. The number of hydrogen-bond acceptors (Lipinski definition) is 3. The Balaban J connectivity index is 2.71. The minimum Gasteiger partial charge on any atom is -0.474 e. The SMILES string of the molecule is CC(=NO)OCc1cc(Cl)ccc1Cl. The van der Waals surface area contributed by atoms with E-state index in [0.717, 1.165) is 5.56 Å². The maximum Gasteiger partial charge on any atom is 0.222 e. The first-order valence-corrected chi connectivity index (χ1v) is 4.64. The van der Waals surface area contributed by atoms with E-state index >= 15 is 0 Å². The van der Waals surface area contributed by atoms with Gasteiger partial charge in [-0.2, -0.15) is 0 Å². The van der Waals surface area contributed by atoms with Crippen LogP contribution in [0.25, 0.3) is 0 Å². The molecule has 0 radical (unpaired) electrons. The summed E-state index contributed by atoms with van der Waals surface area (Å²) in [4.78, 5) is 0. The lowest BCUT2D eigenvalue weighted by Crippen LogP contribution is -2.00. The van der Waals surface area contributed by atoms with Crippen molar-refractivity contribution in [2.75, 3.05) is 0 Å². The van der Waals surface area contributed by atoms with Crippen LogP contribution in [0.3, 0.4) is 0 Å². The lowest BCUT2D eigenvalue weighted by Gasteiger charge is -2.06. The second-order valence-corrected chi connectivity index (χ2v) is 3.49. The van der Waals surface area contributed by atoms with Gasteiger partial charge in [-0.3, -0.25) is 0 Å². The average Bonchev–Trinajstić information content (AvgIpc) is 2.19. The molecule has 0 heterocycles. The van der Waals surface area contributed by atoms with Gasteiger partial charge < -0.3 is 9.94 Å². The molecule has 0 amide bonds. The van der Waals surface area contributed by atoms with Gasteiger partial charge in [0.1, 0.15) is 6.61 Å². The van der Waals surface area contributed by atoms with Gasteiger partial charge in [-0.1, -0.05) is 28.4 Å². The van der Waals surface area contributed by atoms with E-state index in [9.17, 15) is 0 Å². The van der Waals surface area contributed by atoms with E-state index in [0.29, 0.717) is 10.0 Å². The normalized spacial score (nSPS) is 11.5. The summed E-state index contributed by atoms with van der Waals surface area (Å²) in [7, 11) is 0. The monoisotopic (exact) mass is 233 g/mol. The fraction of sp³-hybridized carbons (Fsp3) is 0.222. The maximum absolute atomic E-state index is 8.34. The van der Waals surface area contributed by atoms with Crippen molar-refractivity contribution in [3.05, 3.63) is 33.8 Å². The van der Waals surface area contributed by atoms with Crippen LogP contribution < -0.4 is 0 Å². The lowest BCUT2D eigenvalue weighted by atomic mass is 10.2. The zero-order valence-electron chi connectivity index (χ0n) is 7.50. The predicted molar refractivity (Wildman–Crippen MR) is 56.1 cm³/mol. The minimum atomic E-state index is 0.182. The number of hydrogen-bond donors (Lipinski definition) is 1. The number of benzene rings is 1. The summed E-state index contributed by atoms with van der Waals surface area (Å²) in [5, 5.41) is 12.4. The molecule has 3 nitrogen and oxygen atoms in total. The zero-order chi connectivity index (χ0) is 10.6. The van der Waals surface area contributed by atoms with E-state index in [4.69, 9.17) is 33.1 Å². The summed E-state index contributed by atoms with van der Waals surface area (Å²) < 4.78 is 5.07. The quantitative estimate of drug-likeness (QED) is 0.369. The molecule has 0 saturated carbocycles. The van der Waals surface area contributed by atoms with Crippen LogP contribution in [0.5, 0.6) is 0 Å². The Morgan fingerprint density at radius 2 is 2.21 bits per heavy atom. The minimum absolute atomic E-state index is 0.182. The Morgan fingerprint density at radius 1 is 1.50 bits per heavy atom. The van der Waals surface area contributed by atoms with Crippen molar-refractivity contribution in [3.8, 4) is 0 Å². The first-order valence-electron chi connectivity index (χ1n) is 3.89. The van der Waals surface area contributed by atoms with Gasteiger partial charge in [0.05, 0.1) is 0 Å². The highest BCUT2D eigenvalue weighted by Crippen LogP contribution is 2.21. The van der Waals surface area contributed by atoms with E-state index in [-0.39, 0.29) is 12.5 Å². The molecule has 0 bridgehead atoms. The van der Waals surface area contributed by atoms with E-state index in [1.54, 1.807) is 25.1 Å². The second kappa shape index (κ2) is 5.08. The highest BCUT2D eigenvalue weighted by atomic mass is 35.5. The summed E-state index contributed by atoms with van der Waals surface area (Å²) >= 11 is 11.7. The Hall–Kier alpha value is -0.930. The van der Waals surface area contributed by atoms with E-state index in [1.807, 2.05) is 0 Å². The van der Waals surface area contributed by atoms with E-state index < -0.39 is 0 Å². The van der Waals surface area contributed by atoms with Crippen LogP contribution in [-0.4, -0.2) is 11.1 Å². The summed E-state index contributed by atoms with van der Waals surface area (Å²) in [5.41, 5.74) is 0.752. The molecular formula is C9H9Cl2NO2. The van der Waals surface area contributed by atoms with Crippen molar-refractivity contribution < 1.29 is 9.94 Å². The van der Waals surface area contributed by atoms with Gasteiger partial charge in [0, 0.05) is 22.5 Å². The number of rotatable bonds is 2. The van der Waals surface area contributed by atoms with Crippen molar-refractivity contribution in [1.29, 1.82) is 0 Å². The molecule has 1 aromatic carbocycles. The van der Waals surface area contributed by atoms with Crippen molar-refractivity contribution in [1.82, 2.24) is 0 Å². The van der Waals surface area contributed by atoms with Gasteiger partial charge in [-0.25, -0.2) is 0 Å². The van der Waals surface area contributed by atoms with Crippen molar-refractivity contribution in [3.63, 3.8) is 0 Å². The Kier molecular flexibility index (Phi) is 4.04. The topological polar surface area (TPSA) is 41.8 Å². The molecule has 5 heteroatoms. The Labute approximate surface area is 91.9 Å². The molecule has 0 aliphatic rings. The fourth-order valence-corrected chi connectivity index (χ4v) is 1.23. The van der Waals surface area contributed by atoms with Crippen LogP contribution in [0, 0.1) is 0 Å². The fourth-order valence-electron chi connectivity index (χ4n) is 0.865. The average molecular weight is 234 g/mol. The molecule has 1 aromatic rings. The van der Waals surface area contributed by atoms with Crippen molar-refractivity contribution in [2.45, 2.75) is 13.5 Å². The molecule has 0 aromatic heterocycles. The predicted octanol–water partition coefficient (Wildman–Crippen LogP) is 3.32. The summed E-state index contributed by atoms with van der Waals surface area (Å²) in [6.07, 6.45) is 0. The van der Waals surface area contributed by atoms with Gasteiger partial charge in [-0.15, -0.1) is 0 Å². The highest BCUT2D eigenvalue weighted by Gasteiger charge is 2.02. The van der Waals surface area contributed by atoms with Gasteiger partial charge in [-0.05, 0) is 18.2 Å². The number of ether oxygens (including phenoxy) is 1. The van der Waals surface area contributed by atoms with Crippen LogP contribution in [-0.2, 0) is 11.3 Å². The van der Waals surface area contributed by atoms with Crippen LogP contribution in [0.1, 0.15) is 12.5 Å². The highest BCUT2D eigenvalue weighted by molar-refractivity contribution is 6.33. The summed E-state index contributed by atoms with van der Waals surface area (Å²) in [5.74, 6) is 0.182. The molecule has 76 valence electrons. The lowest BCUT2D eigenvalue weighted by molar-refractivity contribution is 0.245. The van der Waals surface area contributed by atoms with Crippen molar-refractivity contribution in [2.24, 2.45) is 5.16 Å². The van der Waals surface area contributed by atoms with E-state index in [1.165, 1.54) is 0 Å². The maximum atomic E-state index is 8.34. The molecule has 14 heavy (non-hydrogen) atoms. The molecular weight excluding hydrogens is 225 g/mol. The smallest absolute Gasteiger partial charge is 0.222 e. The van der Waals surface area contributed by atoms with Crippen LogP contribution >= 0.6 is 23.2 Å². The molecule has 0 aliphatic carbocycles. The standard InChI is InChI=1S/C9H9Cl2NO2/c1-6(12-13)14-5-7-4-8(10)2-3-9(7)11/h2-4,13H,5H2,1H3. The third-order valence-corrected chi connectivity index (χ3v) is 2.19. The largest absolute Gasteiger partial charge is 0.474 e. The molecule has 1 N–H and O–H groups in total. The third-order valence-electron chi connectivity index (χ3n) is 1.59. The van der Waals surface area contributed by atoms with Gasteiger partial charge in [0.25, 0.3) is 0 Å². The number of halogens is 2. The number of nitrogens with zero attached hydrogens (tertiary/aromatic N) is 1. The molecule has 0 spiro atoms. The molecule has 0 unspecified atom stereocenters.